The van der Waals surface area contributed by atoms with Crippen molar-refractivity contribution in [3.8, 4) is 39.5 Å². The van der Waals surface area contributed by atoms with Gasteiger partial charge in [0.25, 0.3) is 0 Å². The number of nitrogens with zero attached hydrogens (tertiary/aromatic N) is 3. The molecule has 1 aliphatic rings. The molecule has 0 bridgehead atoms. The first-order valence-corrected chi connectivity index (χ1v) is 19.3. The zero-order chi connectivity index (χ0) is 36.7. The van der Waals surface area contributed by atoms with E-state index >= 15 is 0 Å². The molecule has 11 aromatic rings. The molecular formula is C53H33N3. The third kappa shape index (κ3) is 4.64. The number of benzene rings is 9. The number of fused-ring (bicyclic) bond motifs is 10. The second kappa shape index (κ2) is 12.1. The maximum atomic E-state index is 5.22. The first-order valence-electron chi connectivity index (χ1n) is 19.3. The van der Waals surface area contributed by atoms with Crippen molar-refractivity contribution < 1.29 is 0 Å². The van der Waals surface area contributed by atoms with Crippen LogP contribution in [0.3, 0.4) is 0 Å². The highest BCUT2D eigenvalue weighted by Gasteiger charge is 2.32. The van der Waals surface area contributed by atoms with E-state index in [1.54, 1.807) is 0 Å². The highest BCUT2D eigenvalue weighted by Crippen LogP contribution is 2.51. The average Bonchev–Trinajstić information content (AvgIpc) is 3.77. The van der Waals surface area contributed by atoms with E-state index in [1.807, 2.05) is 12.1 Å². The van der Waals surface area contributed by atoms with Crippen LogP contribution in [0.15, 0.2) is 194 Å². The maximum Gasteiger partial charge on any atom is 0.160 e. The number of rotatable bonds is 4. The molecule has 12 rings (SSSR count). The van der Waals surface area contributed by atoms with E-state index in [0.29, 0.717) is 5.82 Å². The van der Waals surface area contributed by atoms with E-state index < -0.39 is 0 Å². The van der Waals surface area contributed by atoms with Crippen LogP contribution in [0.1, 0.15) is 22.6 Å². The van der Waals surface area contributed by atoms with Gasteiger partial charge in [0.2, 0.25) is 0 Å². The van der Waals surface area contributed by atoms with Crippen molar-refractivity contribution in [3.05, 3.63) is 211 Å². The van der Waals surface area contributed by atoms with Gasteiger partial charge < -0.3 is 4.57 Å². The smallest absolute Gasteiger partial charge is 0.160 e. The van der Waals surface area contributed by atoms with Crippen molar-refractivity contribution in [1.82, 2.24) is 14.5 Å². The summed E-state index contributed by atoms with van der Waals surface area (Å²) >= 11 is 0. The van der Waals surface area contributed by atoms with Crippen molar-refractivity contribution in [2.24, 2.45) is 0 Å². The summed E-state index contributed by atoms with van der Waals surface area (Å²) in [5, 5.41) is 8.58. The zero-order valence-electron chi connectivity index (χ0n) is 30.4. The molecule has 1 atom stereocenters. The summed E-state index contributed by atoms with van der Waals surface area (Å²) in [6.07, 6.45) is 0. The molecule has 0 aliphatic heterocycles. The summed E-state index contributed by atoms with van der Waals surface area (Å²) in [6, 6.07) is 70.4. The molecule has 3 nitrogen and oxygen atoms in total. The van der Waals surface area contributed by atoms with Crippen molar-refractivity contribution in [2.45, 2.75) is 5.92 Å². The third-order valence-electron chi connectivity index (χ3n) is 11.8. The number of hydrogen-bond acceptors (Lipinski definition) is 2. The molecule has 0 saturated heterocycles. The van der Waals surface area contributed by atoms with Gasteiger partial charge >= 0.3 is 0 Å². The fourth-order valence-electron chi connectivity index (χ4n) is 9.32. The fourth-order valence-corrected chi connectivity index (χ4v) is 9.32. The molecular weight excluding hydrogens is 679 g/mol. The Balaban J connectivity index is 1.08. The van der Waals surface area contributed by atoms with Crippen LogP contribution < -0.4 is 0 Å². The van der Waals surface area contributed by atoms with Gasteiger partial charge in [-0.2, -0.15) is 0 Å². The number of para-hydroxylation sites is 1. The SMILES string of the molecule is c1ccc(-c2nc(-c3cccc(-n4c5ccc(C6c7ccccc7-c7ccc8ccccc8c76)cc5c5cc6ccccc6cc54)c3)nc3ccccc23)cc1. The second-order valence-corrected chi connectivity index (χ2v) is 14.9. The minimum Gasteiger partial charge on any atom is -0.309 e. The zero-order valence-corrected chi connectivity index (χ0v) is 30.4. The van der Waals surface area contributed by atoms with Crippen LogP contribution in [-0.2, 0) is 0 Å². The van der Waals surface area contributed by atoms with Gasteiger partial charge in [-0.1, -0.05) is 152 Å². The lowest BCUT2D eigenvalue weighted by Gasteiger charge is -2.17. The van der Waals surface area contributed by atoms with Gasteiger partial charge in [-0.15, -0.1) is 0 Å². The van der Waals surface area contributed by atoms with Crippen LogP contribution in [-0.4, -0.2) is 14.5 Å². The molecule has 0 fully saturated rings. The Bertz CT molecular complexity index is 3380. The molecule has 56 heavy (non-hydrogen) atoms. The summed E-state index contributed by atoms with van der Waals surface area (Å²) < 4.78 is 2.43. The van der Waals surface area contributed by atoms with Crippen molar-refractivity contribution in [2.75, 3.05) is 0 Å². The van der Waals surface area contributed by atoms with Gasteiger partial charge in [-0.25, -0.2) is 9.97 Å². The highest BCUT2D eigenvalue weighted by atomic mass is 15.0. The summed E-state index contributed by atoms with van der Waals surface area (Å²) in [6.45, 7) is 0. The first kappa shape index (κ1) is 31.0. The van der Waals surface area contributed by atoms with E-state index in [4.69, 9.17) is 9.97 Å². The molecule has 1 aliphatic carbocycles. The fraction of sp³-hybridized carbons (Fsp3) is 0.0189. The molecule has 1 unspecified atom stereocenters. The van der Waals surface area contributed by atoms with E-state index in [9.17, 15) is 0 Å². The van der Waals surface area contributed by atoms with Crippen LogP contribution in [0, 0.1) is 0 Å². The van der Waals surface area contributed by atoms with Crippen molar-refractivity contribution in [1.29, 1.82) is 0 Å². The standard InChI is InChI=1S/C53H33N3/c1-2-14-34(15-3-1)52-44-23-10-11-24-47(44)54-53(55-52)38-18-12-19-39(29-38)56-48-28-26-37(31-45(48)46-30-35-16-4-5-17-36(35)32-49(46)56)50-42-22-9-8-21-41(42)43-27-25-33-13-6-7-20-40(33)51(43)50/h1-32,50H. The largest absolute Gasteiger partial charge is 0.309 e. The molecule has 0 spiro atoms. The lowest BCUT2D eigenvalue weighted by Crippen LogP contribution is -2.01. The minimum atomic E-state index is 0.128. The molecule has 0 N–H and O–H groups in total. The lowest BCUT2D eigenvalue weighted by atomic mass is 9.86. The van der Waals surface area contributed by atoms with Gasteiger partial charge in [-0.05, 0) is 91.8 Å². The Labute approximate surface area is 323 Å². The molecule has 2 heterocycles. The second-order valence-electron chi connectivity index (χ2n) is 14.9. The Hall–Kier alpha value is -7.36. The van der Waals surface area contributed by atoms with Crippen molar-refractivity contribution >= 4 is 54.3 Å². The van der Waals surface area contributed by atoms with Gasteiger partial charge in [0.1, 0.15) is 0 Å². The van der Waals surface area contributed by atoms with Gasteiger partial charge in [0.15, 0.2) is 5.82 Å². The molecule has 0 amide bonds. The average molecular weight is 712 g/mol. The third-order valence-corrected chi connectivity index (χ3v) is 11.8. The molecule has 9 aromatic carbocycles. The van der Waals surface area contributed by atoms with Crippen molar-refractivity contribution in [3.63, 3.8) is 0 Å². The highest BCUT2D eigenvalue weighted by molar-refractivity contribution is 6.14. The first-order chi connectivity index (χ1) is 27.8. The van der Waals surface area contributed by atoms with Crippen LogP contribution >= 0.6 is 0 Å². The van der Waals surface area contributed by atoms with Crippen LogP contribution in [0.2, 0.25) is 0 Å². The van der Waals surface area contributed by atoms with Gasteiger partial charge in [0.05, 0.1) is 22.2 Å². The maximum absolute atomic E-state index is 5.22. The van der Waals surface area contributed by atoms with E-state index in [2.05, 4.69) is 187 Å². The predicted octanol–water partition coefficient (Wildman–Crippen LogP) is 13.5. The molecule has 3 heteroatoms. The number of aromatic nitrogens is 3. The Morgan fingerprint density at radius 2 is 1.12 bits per heavy atom. The number of hydrogen-bond donors (Lipinski definition) is 0. The van der Waals surface area contributed by atoms with Crippen LogP contribution in [0.25, 0.3) is 93.7 Å². The Morgan fingerprint density at radius 3 is 2.02 bits per heavy atom. The molecule has 260 valence electrons. The monoisotopic (exact) mass is 711 g/mol. The quantitative estimate of drug-likeness (QED) is 0.182. The minimum absolute atomic E-state index is 0.128. The van der Waals surface area contributed by atoms with Gasteiger partial charge in [-0.3, -0.25) is 0 Å². The van der Waals surface area contributed by atoms with E-state index in [-0.39, 0.29) is 5.92 Å². The summed E-state index contributed by atoms with van der Waals surface area (Å²) in [5.41, 5.74) is 14.1. The topological polar surface area (TPSA) is 30.7 Å². The van der Waals surface area contributed by atoms with E-state index in [1.165, 1.54) is 71.2 Å². The lowest BCUT2D eigenvalue weighted by molar-refractivity contribution is 1.03. The van der Waals surface area contributed by atoms with Gasteiger partial charge in [0, 0.05) is 38.9 Å². The Morgan fingerprint density at radius 1 is 0.411 bits per heavy atom. The Kier molecular flexibility index (Phi) is 6.69. The normalized spacial score (nSPS) is 13.5. The summed E-state index contributed by atoms with van der Waals surface area (Å²) in [4.78, 5) is 10.3. The molecule has 0 saturated carbocycles. The van der Waals surface area contributed by atoms with Crippen LogP contribution in [0.5, 0.6) is 0 Å². The summed E-state index contributed by atoms with van der Waals surface area (Å²) in [5.74, 6) is 0.839. The van der Waals surface area contributed by atoms with E-state index in [0.717, 1.165) is 33.4 Å². The predicted molar refractivity (Wildman–Crippen MR) is 233 cm³/mol. The summed E-state index contributed by atoms with van der Waals surface area (Å²) in [7, 11) is 0. The molecule has 2 aromatic heterocycles. The molecule has 0 radical (unpaired) electrons. The van der Waals surface area contributed by atoms with Crippen LogP contribution in [0.4, 0.5) is 0 Å².